The molecule has 0 aromatic carbocycles. The molecule has 0 radical (unpaired) electrons. The zero-order chi connectivity index (χ0) is 8.53. The van der Waals surface area contributed by atoms with Gasteiger partial charge in [-0.25, -0.2) is 0 Å². The van der Waals surface area contributed by atoms with E-state index in [-0.39, 0.29) is 0 Å². The summed E-state index contributed by atoms with van der Waals surface area (Å²) in [6.45, 7) is 6.48. The van der Waals surface area contributed by atoms with E-state index in [1.165, 1.54) is 0 Å². The van der Waals surface area contributed by atoms with Crippen LogP contribution in [-0.4, -0.2) is 36.1 Å². The van der Waals surface area contributed by atoms with Gasteiger partial charge in [-0.05, 0) is 20.9 Å². The summed E-state index contributed by atoms with van der Waals surface area (Å²) in [5.74, 6) is 0. The zero-order valence-corrected chi connectivity index (χ0v) is 8.88. The summed E-state index contributed by atoms with van der Waals surface area (Å²) in [7, 11) is 0.837. The van der Waals surface area contributed by atoms with Gasteiger partial charge in [0.25, 0.3) is 9.20 Å². The molecule has 0 amide bonds. The fourth-order valence-electron chi connectivity index (χ4n) is 0.847. The van der Waals surface area contributed by atoms with Crippen LogP contribution in [0.25, 0.3) is 0 Å². The molecular weight excluding hydrogens is 158 g/mol. The summed E-state index contributed by atoms with van der Waals surface area (Å²) in [6.07, 6.45) is 0. The molecule has 0 heterocycles. The first kappa shape index (κ1) is 11.1. The van der Waals surface area contributed by atoms with Crippen LogP contribution >= 0.6 is 0 Å². The van der Waals surface area contributed by atoms with E-state index < -0.39 is 9.20 Å². The van der Waals surface area contributed by atoms with Crippen LogP contribution in [0, 0.1) is 0 Å². The third kappa shape index (κ3) is 6.49. The van der Waals surface area contributed by atoms with Crippen molar-refractivity contribution >= 4 is 9.20 Å². The molecule has 0 aliphatic rings. The van der Waals surface area contributed by atoms with E-state index in [1.807, 2.05) is 20.9 Å². The van der Waals surface area contributed by atoms with Crippen molar-refractivity contribution in [1.82, 2.24) is 4.98 Å². The van der Waals surface area contributed by atoms with Crippen molar-refractivity contribution in [2.24, 2.45) is 0 Å². The van der Waals surface area contributed by atoms with Gasteiger partial charge in [-0.3, -0.25) is 0 Å². The normalized spacial score (nSPS) is 13.4. The number of hydrogen-bond donors (Lipinski definition) is 1. The van der Waals surface area contributed by atoms with Crippen LogP contribution in [-0.2, 0) is 9.16 Å². The van der Waals surface area contributed by atoms with Crippen LogP contribution in [0.1, 0.15) is 13.8 Å². The lowest BCUT2D eigenvalue weighted by Crippen LogP contribution is -2.34. The zero-order valence-electron chi connectivity index (χ0n) is 7.72. The van der Waals surface area contributed by atoms with Crippen molar-refractivity contribution in [3.8, 4) is 0 Å². The van der Waals surface area contributed by atoms with E-state index in [9.17, 15) is 0 Å². The van der Waals surface area contributed by atoms with Crippen molar-refractivity contribution in [1.29, 1.82) is 0 Å². The molecule has 0 aliphatic heterocycles. The topological polar surface area (TPSA) is 30.5 Å². The van der Waals surface area contributed by atoms with Gasteiger partial charge in [0.15, 0.2) is 0 Å². The molecule has 3 nitrogen and oxygen atoms in total. The second-order valence-electron chi connectivity index (χ2n) is 2.22. The molecule has 4 heteroatoms. The first-order valence-corrected chi connectivity index (χ1v) is 6.08. The van der Waals surface area contributed by atoms with Crippen LogP contribution < -0.4 is 4.98 Å². The first-order chi connectivity index (χ1) is 5.35. The number of ether oxygens (including phenoxy) is 1. The largest absolute Gasteiger partial charge is 0.406 e. The highest BCUT2D eigenvalue weighted by Gasteiger charge is 2.06. The SMILES string of the molecule is CCOCC[SiH](NC)OCC. The Hall–Kier alpha value is 0.0969. The van der Waals surface area contributed by atoms with Crippen molar-refractivity contribution in [2.75, 3.05) is 26.9 Å². The van der Waals surface area contributed by atoms with Gasteiger partial charge in [0, 0.05) is 25.9 Å². The van der Waals surface area contributed by atoms with Gasteiger partial charge < -0.3 is 14.1 Å². The predicted molar refractivity (Wildman–Crippen MR) is 49.1 cm³/mol. The predicted octanol–water partition coefficient (Wildman–Crippen LogP) is 0.499. The average Bonchev–Trinajstić information content (AvgIpc) is 2.03. The second kappa shape index (κ2) is 8.20. The molecule has 0 aliphatic carbocycles. The van der Waals surface area contributed by atoms with Crippen LogP contribution in [0.4, 0.5) is 0 Å². The van der Waals surface area contributed by atoms with Crippen LogP contribution in [0.3, 0.4) is 0 Å². The van der Waals surface area contributed by atoms with E-state index in [4.69, 9.17) is 9.16 Å². The third-order valence-corrected chi connectivity index (χ3v) is 3.56. The molecule has 0 aromatic heterocycles. The quantitative estimate of drug-likeness (QED) is 0.454. The van der Waals surface area contributed by atoms with E-state index in [1.54, 1.807) is 0 Å². The minimum atomic E-state index is -1.12. The van der Waals surface area contributed by atoms with Crippen molar-refractivity contribution in [3.63, 3.8) is 0 Å². The van der Waals surface area contributed by atoms with Gasteiger partial charge in [-0.15, -0.1) is 0 Å². The summed E-state index contributed by atoms with van der Waals surface area (Å²) in [6, 6.07) is 1.05. The van der Waals surface area contributed by atoms with Crippen LogP contribution in [0.2, 0.25) is 6.04 Å². The molecule has 68 valence electrons. The van der Waals surface area contributed by atoms with E-state index in [0.717, 1.165) is 25.9 Å². The molecule has 0 spiro atoms. The molecule has 0 aromatic rings. The molecule has 1 atom stereocenters. The Bertz CT molecular complexity index is 82.8. The van der Waals surface area contributed by atoms with Crippen molar-refractivity contribution in [2.45, 2.75) is 19.9 Å². The number of hydrogen-bond acceptors (Lipinski definition) is 3. The third-order valence-electron chi connectivity index (χ3n) is 1.42. The van der Waals surface area contributed by atoms with Gasteiger partial charge in [-0.1, -0.05) is 0 Å². The van der Waals surface area contributed by atoms with E-state index >= 15 is 0 Å². The van der Waals surface area contributed by atoms with Gasteiger partial charge in [0.1, 0.15) is 0 Å². The standard InChI is InChI=1S/C7H19NO2Si/c1-4-9-6-7-11(8-3)10-5-2/h8,11H,4-7H2,1-3H3. The summed E-state index contributed by atoms with van der Waals surface area (Å²) >= 11 is 0. The monoisotopic (exact) mass is 177 g/mol. The Morgan fingerprint density at radius 2 is 2.00 bits per heavy atom. The highest BCUT2D eigenvalue weighted by molar-refractivity contribution is 6.48. The minimum absolute atomic E-state index is 0.803. The Kier molecular flexibility index (Phi) is 8.27. The van der Waals surface area contributed by atoms with E-state index in [2.05, 4.69) is 4.98 Å². The van der Waals surface area contributed by atoms with Gasteiger partial charge >= 0.3 is 0 Å². The number of nitrogens with one attached hydrogen (secondary N) is 1. The lowest BCUT2D eigenvalue weighted by molar-refractivity contribution is 0.157. The molecule has 0 rings (SSSR count). The smallest absolute Gasteiger partial charge is 0.254 e. The Morgan fingerprint density at radius 1 is 1.27 bits per heavy atom. The lowest BCUT2D eigenvalue weighted by Gasteiger charge is -2.12. The summed E-state index contributed by atoms with van der Waals surface area (Å²) < 4.78 is 10.7. The molecule has 11 heavy (non-hydrogen) atoms. The average molecular weight is 177 g/mol. The molecule has 0 saturated heterocycles. The van der Waals surface area contributed by atoms with E-state index in [0.29, 0.717) is 0 Å². The van der Waals surface area contributed by atoms with Crippen molar-refractivity contribution in [3.05, 3.63) is 0 Å². The Labute approximate surface area is 70.9 Å². The molecule has 1 unspecified atom stereocenters. The highest BCUT2D eigenvalue weighted by atomic mass is 28.3. The maximum atomic E-state index is 5.49. The first-order valence-electron chi connectivity index (χ1n) is 4.21. The minimum Gasteiger partial charge on any atom is -0.406 e. The maximum Gasteiger partial charge on any atom is 0.254 e. The highest BCUT2D eigenvalue weighted by Crippen LogP contribution is 1.91. The molecule has 0 saturated carbocycles. The maximum absolute atomic E-state index is 5.49. The molecule has 0 bridgehead atoms. The van der Waals surface area contributed by atoms with Crippen LogP contribution in [0.15, 0.2) is 0 Å². The van der Waals surface area contributed by atoms with Crippen LogP contribution in [0.5, 0.6) is 0 Å². The fraction of sp³-hybridized carbons (Fsp3) is 1.00. The second-order valence-corrected chi connectivity index (χ2v) is 4.68. The van der Waals surface area contributed by atoms with Gasteiger partial charge in [-0.2, -0.15) is 0 Å². The lowest BCUT2D eigenvalue weighted by atomic mass is 10.8. The summed E-state index contributed by atoms with van der Waals surface area (Å²) in [4.78, 5) is 3.20. The van der Waals surface area contributed by atoms with Gasteiger partial charge in [0.2, 0.25) is 0 Å². The Balaban J connectivity index is 3.20. The molecule has 0 fully saturated rings. The van der Waals surface area contributed by atoms with Gasteiger partial charge in [0.05, 0.1) is 0 Å². The summed E-state index contributed by atoms with van der Waals surface area (Å²) in [5, 5.41) is 0. The molecular formula is C7H19NO2Si. The molecule has 1 N–H and O–H groups in total. The Morgan fingerprint density at radius 3 is 2.45 bits per heavy atom. The van der Waals surface area contributed by atoms with Crippen molar-refractivity contribution < 1.29 is 9.16 Å². The fourth-order valence-corrected chi connectivity index (χ4v) is 2.25. The number of rotatable bonds is 7. The summed E-state index contributed by atoms with van der Waals surface area (Å²) in [5.41, 5.74) is 0.